The first kappa shape index (κ1) is 20.5. The molecule has 2 rings (SSSR count). The van der Waals surface area contributed by atoms with Crippen LogP contribution in [0, 0.1) is 0 Å². The third-order valence-corrected chi connectivity index (χ3v) is 4.21. The van der Waals surface area contributed by atoms with Gasteiger partial charge in [0.15, 0.2) is 0 Å². The van der Waals surface area contributed by atoms with E-state index in [2.05, 4.69) is 31.4 Å². The molecule has 0 fully saturated rings. The maximum absolute atomic E-state index is 12.5. The van der Waals surface area contributed by atoms with Crippen LogP contribution in [-0.2, 0) is 21.4 Å². The second kappa shape index (κ2) is 8.71. The number of para-hydroxylation sites is 2. The highest BCUT2D eigenvalue weighted by Crippen LogP contribution is 2.37. The number of ether oxygens (including phenoxy) is 1. The number of hydrogen-bond donors (Lipinski definition) is 2. The van der Waals surface area contributed by atoms with E-state index in [1.165, 1.54) is 0 Å². The third kappa shape index (κ3) is 5.09. The average Bonchev–Trinajstić information content (AvgIpc) is 2.62. The molecule has 0 aromatic heterocycles. The lowest BCUT2D eigenvalue weighted by Crippen LogP contribution is -2.30. The molecule has 2 N–H and O–H groups in total. The van der Waals surface area contributed by atoms with E-state index in [9.17, 15) is 9.59 Å². The third-order valence-electron chi connectivity index (χ3n) is 4.21. The molecule has 2 amide bonds. The van der Waals surface area contributed by atoms with Gasteiger partial charge in [0.1, 0.15) is 5.75 Å². The molecule has 0 heterocycles. The van der Waals surface area contributed by atoms with Crippen molar-refractivity contribution in [2.24, 2.45) is 0 Å². The zero-order valence-corrected chi connectivity index (χ0v) is 16.7. The molecule has 5 heteroatoms. The summed E-state index contributed by atoms with van der Waals surface area (Å²) in [6.45, 7) is 10.6. The summed E-state index contributed by atoms with van der Waals surface area (Å²) in [5, 5.41) is 5.38. The normalized spacial score (nSPS) is 11.0. The van der Waals surface area contributed by atoms with Gasteiger partial charge in [0.25, 0.3) is 0 Å². The number of amides is 2. The lowest BCUT2D eigenvalue weighted by molar-refractivity contribution is -0.133. The molecule has 0 aliphatic carbocycles. The summed E-state index contributed by atoms with van der Waals surface area (Å²) in [5.41, 5.74) is 2.93. The molecule has 0 aliphatic heterocycles. The number of benzene rings is 2. The summed E-state index contributed by atoms with van der Waals surface area (Å²) in [4.78, 5) is 24.8. The standard InChI is InChI=1S/C22H28N2O3/c1-6-15-11-8-9-13-17(15)23-20(25)21(26)24-18-14-10-12-16(22(3,4)5)19(18)27-7-2/h8-14H,6-7H2,1-5H3,(H,23,25)(H,24,26). The molecule has 0 spiro atoms. The van der Waals surface area contributed by atoms with Gasteiger partial charge in [0, 0.05) is 11.3 Å². The summed E-state index contributed by atoms with van der Waals surface area (Å²) < 4.78 is 5.78. The van der Waals surface area contributed by atoms with Crippen molar-refractivity contribution in [3.05, 3.63) is 53.6 Å². The minimum Gasteiger partial charge on any atom is -0.491 e. The molecule has 0 unspecified atom stereocenters. The van der Waals surface area contributed by atoms with Crippen molar-refractivity contribution >= 4 is 23.2 Å². The Morgan fingerprint density at radius 2 is 1.48 bits per heavy atom. The van der Waals surface area contributed by atoms with Gasteiger partial charge < -0.3 is 15.4 Å². The number of rotatable bonds is 5. The van der Waals surface area contributed by atoms with Crippen molar-refractivity contribution in [3.63, 3.8) is 0 Å². The smallest absolute Gasteiger partial charge is 0.314 e. The molecule has 144 valence electrons. The lowest BCUT2D eigenvalue weighted by atomic mass is 9.86. The molecule has 0 atom stereocenters. The summed E-state index contributed by atoms with van der Waals surface area (Å²) in [5.74, 6) is -0.838. The van der Waals surface area contributed by atoms with Crippen LogP contribution in [0.2, 0.25) is 0 Å². The SMILES string of the molecule is CCOc1c(NC(=O)C(=O)Nc2ccccc2CC)cccc1C(C)(C)C. The minimum atomic E-state index is -0.729. The maximum atomic E-state index is 12.5. The predicted molar refractivity (Wildman–Crippen MR) is 109 cm³/mol. The lowest BCUT2D eigenvalue weighted by Gasteiger charge is -2.24. The van der Waals surface area contributed by atoms with Crippen LogP contribution in [0.25, 0.3) is 0 Å². The quantitative estimate of drug-likeness (QED) is 0.762. The zero-order chi connectivity index (χ0) is 20.0. The van der Waals surface area contributed by atoms with Gasteiger partial charge >= 0.3 is 11.8 Å². The number of carbonyl (C=O) groups is 2. The predicted octanol–water partition coefficient (Wildman–Crippen LogP) is 4.52. The molecular weight excluding hydrogens is 340 g/mol. The van der Waals surface area contributed by atoms with E-state index in [1.807, 2.05) is 44.2 Å². The van der Waals surface area contributed by atoms with Crippen LogP contribution < -0.4 is 15.4 Å². The van der Waals surface area contributed by atoms with E-state index >= 15 is 0 Å². The van der Waals surface area contributed by atoms with Crippen molar-refractivity contribution in [2.75, 3.05) is 17.2 Å². The first-order valence-electron chi connectivity index (χ1n) is 9.24. The first-order valence-corrected chi connectivity index (χ1v) is 9.24. The van der Waals surface area contributed by atoms with Gasteiger partial charge in [-0.1, -0.05) is 58.0 Å². The Hall–Kier alpha value is -2.82. The summed E-state index contributed by atoms with van der Waals surface area (Å²) in [6, 6.07) is 13.0. The Morgan fingerprint density at radius 3 is 2.07 bits per heavy atom. The van der Waals surface area contributed by atoms with E-state index in [1.54, 1.807) is 12.1 Å². The molecule has 0 bridgehead atoms. The molecular formula is C22H28N2O3. The fraction of sp³-hybridized carbons (Fsp3) is 0.364. The Labute approximate surface area is 161 Å². The highest BCUT2D eigenvalue weighted by Gasteiger charge is 2.23. The molecule has 2 aromatic rings. The van der Waals surface area contributed by atoms with Crippen LogP contribution in [0.4, 0.5) is 11.4 Å². The van der Waals surface area contributed by atoms with Crippen LogP contribution in [0.1, 0.15) is 45.7 Å². The van der Waals surface area contributed by atoms with Crippen molar-refractivity contribution in [3.8, 4) is 5.75 Å². The topological polar surface area (TPSA) is 67.4 Å². The first-order chi connectivity index (χ1) is 12.8. The Bertz CT molecular complexity index is 823. The average molecular weight is 368 g/mol. The van der Waals surface area contributed by atoms with E-state index in [4.69, 9.17) is 4.74 Å². The molecule has 0 saturated heterocycles. The van der Waals surface area contributed by atoms with Gasteiger partial charge in [-0.15, -0.1) is 0 Å². The van der Waals surface area contributed by atoms with E-state index < -0.39 is 11.8 Å². The number of hydrogen-bond acceptors (Lipinski definition) is 3. The van der Waals surface area contributed by atoms with Gasteiger partial charge in [0.05, 0.1) is 12.3 Å². The number of carbonyl (C=O) groups excluding carboxylic acids is 2. The monoisotopic (exact) mass is 368 g/mol. The minimum absolute atomic E-state index is 0.159. The summed E-state index contributed by atoms with van der Waals surface area (Å²) in [7, 11) is 0. The molecule has 2 aromatic carbocycles. The number of anilines is 2. The van der Waals surface area contributed by atoms with Crippen molar-refractivity contribution in [1.82, 2.24) is 0 Å². The number of nitrogens with one attached hydrogen (secondary N) is 2. The fourth-order valence-corrected chi connectivity index (χ4v) is 2.83. The van der Waals surface area contributed by atoms with Gasteiger partial charge in [-0.2, -0.15) is 0 Å². The molecule has 0 aliphatic rings. The van der Waals surface area contributed by atoms with Gasteiger partial charge in [-0.25, -0.2) is 0 Å². The largest absolute Gasteiger partial charge is 0.491 e. The number of aryl methyl sites for hydroxylation is 1. The zero-order valence-electron chi connectivity index (χ0n) is 16.7. The molecule has 5 nitrogen and oxygen atoms in total. The van der Waals surface area contributed by atoms with Crippen molar-refractivity contribution in [2.45, 2.75) is 46.5 Å². The second-order valence-electron chi connectivity index (χ2n) is 7.28. The summed E-state index contributed by atoms with van der Waals surface area (Å²) >= 11 is 0. The molecule has 0 saturated carbocycles. The van der Waals surface area contributed by atoms with Crippen molar-refractivity contribution < 1.29 is 14.3 Å². The van der Waals surface area contributed by atoms with Crippen molar-refractivity contribution in [1.29, 1.82) is 0 Å². The van der Waals surface area contributed by atoms with E-state index in [0.29, 0.717) is 23.7 Å². The van der Waals surface area contributed by atoms with E-state index in [0.717, 1.165) is 17.5 Å². The summed E-state index contributed by atoms with van der Waals surface area (Å²) in [6.07, 6.45) is 0.764. The van der Waals surface area contributed by atoms with Gasteiger partial charge in [-0.3, -0.25) is 9.59 Å². The Balaban J connectivity index is 2.23. The highest BCUT2D eigenvalue weighted by molar-refractivity contribution is 6.43. The van der Waals surface area contributed by atoms with Crippen LogP contribution >= 0.6 is 0 Å². The maximum Gasteiger partial charge on any atom is 0.314 e. The van der Waals surface area contributed by atoms with Crippen LogP contribution in [-0.4, -0.2) is 18.4 Å². The fourth-order valence-electron chi connectivity index (χ4n) is 2.83. The molecule has 0 radical (unpaired) electrons. The molecule has 27 heavy (non-hydrogen) atoms. The van der Waals surface area contributed by atoms with Crippen LogP contribution in [0.3, 0.4) is 0 Å². The van der Waals surface area contributed by atoms with E-state index in [-0.39, 0.29) is 5.41 Å². The van der Waals surface area contributed by atoms with Gasteiger partial charge in [-0.05, 0) is 36.5 Å². The second-order valence-corrected chi connectivity index (χ2v) is 7.28. The van der Waals surface area contributed by atoms with Gasteiger partial charge in [0.2, 0.25) is 0 Å². The van der Waals surface area contributed by atoms with Crippen LogP contribution in [0.15, 0.2) is 42.5 Å². The Morgan fingerprint density at radius 1 is 0.889 bits per heavy atom. The Kier molecular flexibility index (Phi) is 6.61. The van der Waals surface area contributed by atoms with Crippen LogP contribution in [0.5, 0.6) is 5.75 Å². The highest BCUT2D eigenvalue weighted by atomic mass is 16.5.